The van der Waals surface area contributed by atoms with Crippen molar-refractivity contribution in [2.45, 2.75) is 21.7 Å². The number of phenols is 4. The van der Waals surface area contributed by atoms with Crippen molar-refractivity contribution in [2.24, 2.45) is 0 Å². The summed E-state index contributed by atoms with van der Waals surface area (Å²) in [4.78, 5) is 0. The van der Waals surface area contributed by atoms with E-state index >= 15 is 0 Å². The van der Waals surface area contributed by atoms with Crippen LogP contribution in [0.15, 0.2) is 402 Å². The van der Waals surface area contributed by atoms with Crippen LogP contribution in [0.3, 0.4) is 0 Å². The molecule has 0 aliphatic carbocycles. The van der Waals surface area contributed by atoms with Crippen LogP contribution in [0.2, 0.25) is 15.1 Å². The summed E-state index contributed by atoms with van der Waals surface area (Å²) < 4.78 is 47.8. The van der Waals surface area contributed by atoms with E-state index in [0.717, 1.165) is 85.7 Å². The third-order valence-electron chi connectivity index (χ3n) is 20.5. The predicted molar refractivity (Wildman–Crippen MR) is 502 cm³/mol. The molecule has 16 heteroatoms. The van der Waals surface area contributed by atoms with E-state index in [1.807, 2.05) is 109 Å². The molecule has 0 unspecified atom stereocenters. The molecule has 4 N–H and O–H groups in total. The SMILES string of the molecule is Oc1ccc(C(c2ccc(Br)cc2)(c2ccc(Br)cc2)c2ccc(Br)cc2)cc1.Oc1ccc(C(c2ccc(Cl)cc2)(c2ccc(Cl)cc2)c2ccc(Cl)cc2)cc1.Oc1ccc(C(c2ccc(F)cc2)(c2ccc(F)cc2)c2ccc(F)cc2)cc1.Oc1ccc(C(c2ccc(I)cc2)(c2ccc(I)cc2)c2ccc(I)cc2)cc1. The van der Waals surface area contributed by atoms with Crippen molar-refractivity contribution in [3.05, 3.63) is 534 Å². The first-order valence-corrected chi connectivity index (χ1v) is 43.1. The number of phenolic OH excluding ortho intramolecular Hbond substituents is 4. The Bertz CT molecular complexity index is 4420. The molecule has 0 fully saturated rings. The zero-order chi connectivity index (χ0) is 81.7. The van der Waals surface area contributed by atoms with E-state index in [-0.39, 0.29) is 40.4 Å². The lowest BCUT2D eigenvalue weighted by molar-refractivity contribution is 0.474. The summed E-state index contributed by atoms with van der Waals surface area (Å²) in [5.74, 6) is -0.309. The molecule has 576 valence electrons. The Kier molecular flexibility index (Phi) is 27.9. The highest BCUT2D eigenvalue weighted by Gasteiger charge is 2.43. The quantitative estimate of drug-likeness (QED) is 0.0574. The Balaban J connectivity index is 0.000000135. The third kappa shape index (κ3) is 18.6. The third-order valence-corrected chi connectivity index (χ3v) is 25.0. The maximum absolute atomic E-state index is 13.7. The van der Waals surface area contributed by atoms with Gasteiger partial charge < -0.3 is 20.4 Å². The fourth-order valence-corrected chi connectivity index (χ4v) is 17.5. The molecule has 16 rings (SSSR count). The second-order valence-electron chi connectivity index (χ2n) is 27.3. The Morgan fingerprint density at radius 2 is 0.293 bits per heavy atom. The van der Waals surface area contributed by atoms with E-state index in [0.29, 0.717) is 15.1 Å². The van der Waals surface area contributed by atoms with Crippen LogP contribution in [0.25, 0.3) is 0 Å². The van der Waals surface area contributed by atoms with Crippen molar-refractivity contribution in [2.75, 3.05) is 0 Å². The van der Waals surface area contributed by atoms with E-state index in [4.69, 9.17) is 34.8 Å². The molecule has 0 radical (unpaired) electrons. The molecule has 116 heavy (non-hydrogen) atoms. The lowest BCUT2D eigenvalue weighted by atomic mass is 9.65. The van der Waals surface area contributed by atoms with Gasteiger partial charge in [-0.15, -0.1) is 0 Å². The van der Waals surface area contributed by atoms with Crippen molar-refractivity contribution in [3.8, 4) is 23.0 Å². The number of hydrogen-bond acceptors (Lipinski definition) is 4. The molecule has 0 heterocycles. The summed E-state index contributed by atoms with van der Waals surface area (Å²) in [6, 6.07) is 122. The monoisotopic (exact) mass is 2110 g/mol. The topological polar surface area (TPSA) is 80.9 Å². The van der Waals surface area contributed by atoms with Gasteiger partial charge in [0.05, 0.1) is 21.7 Å². The first-order valence-electron chi connectivity index (χ1n) is 36.3. The van der Waals surface area contributed by atoms with E-state index in [1.165, 1.54) is 63.8 Å². The van der Waals surface area contributed by atoms with Crippen LogP contribution in [0.4, 0.5) is 13.2 Å². The fourth-order valence-electron chi connectivity index (χ4n) is 15.2. The number of rotatable bonds is 16. The van der Waals surface area contributed by atoms with E-state index in [1.54, 1.807) is 97.1 Å². The van der Waals surface area contributed by atoms with Crippen LogP contribution < -0.4 is 0 Å². The van der Waals surface area contributed by atoms with E-state index in [9.17, 15) is 33.6 Å². The van der Waals surface area contributed by atoms with Crippen LogP contribution >= 0.6 is 150 Å². The van der Waals surface area contributed by atoms with Gasteiger partial charge >= 0.3 is 0 Å². The zero-order valence-electron chi connectivity index (χ0n) is 61.3. The van der Waals surface area contributed by atoms with Gasteiger partial charge in [-0.25, -0.2) is 13.2 Å². The summed E-state index contributed by atoms with van der Waals surface area (Å²) in [6.45, 7) is 0. The molecule has 0 saturated carbocycles. The van der Waals surface area contributed by atoms with Gasteiger partial charge in [0.25, 0.3) is 0 Å². The van der Waals surface area contributed by atoms with Crippen LogP contribution in [-0.2, 0) is 21.7 Å². The molecule has 0 aliphatic rings. The highest BCUT2D eigenvalue weighted by Crippen LogP contribution is 2.51. The highest BCUT2D eigenvalue weighted by molar-refractivity contribution is 14.1. The number of benzene rings is 16. The standard InChI is InChI=1S/C25H17Br3O.C25H17Cl3O.C25H17F3O.C25H17I3O/c4*26-21-9-1-17(2-10-21)25(18-3-11-22(27)12-4-18,19-5-13-23(28)14-6-19)20-7-15-24(29)16-8-20/h4*1-16,29H. The molecule has 16 aromatic rings. The average molecular weight is 2120 g/mol. The van der Waals surface area contributed by atoms with Gasteiger partial charge in [-0.3, -0.25) is 0 Å². The minimum Gasteiger partial charge on any atom is -0.508 e. The van der Waals surface area contributed by atoms with Crippen molar-refractivity contribution >= 4 is 150 Å². The molecule has 16 aromatic carbocycles. The molecule has 0 atom stereocenters. The van der Waals surface area contributed by atoms with Gasteiger partial charge in [0.1, 0.15) is 40.4 Å². The maximum Gasteiger partial charge on any atom is 0.123 e. The van der Waals surface area contributed by atoms with Gasteiger partial charge in [-0.05, 0) is 351 Å². The lowest BCUT2D eigenvalue weighted by Gasteiger charge is -2.37. The number of hydrogen-bond donors (Lipinski definition) is 4. The summed E-state index contributed by atoms with van der Waals surface area (Å²) in [6.07, 6.45) is 0. The largest absolute Gasteiger partial charge is 0.508 e. The molecule has 0 spiro atoms. The fraction of sp³-hybridized carbons (Fsp3) is 0.0400. The second-order valence-corrected chi connectivity index (χ2v) is 35.1. The average Bonchev–Trinajstić information content (AvgIpc) is 0.752. The smallest absolute Gasteiger partial charge is 0.123 e. The Morgan fingerprint density at radius 1 is 0.181 bits per heavy atom. The number of halogens is 12. The minimum absolute atomic E-state index is 0.0972. The van der Waals surface area contributed by atoms with Gasteiger partial charge in [-0.1, -0.05) is 277 Å². The van der Waals surface area contributed by atoms with Gasteiger partial charge in [-0.2, -0.15) is 0 Å². The zero-order valence-corrected chi connectivity index (χ0v) is 74.8. The predicted octanol–water partition coefficient (Wildman–Crippen LogP) is 29.6. The minimum atomic E-state index is -0.969. The van der Waals surface area contributed by atoms with Gasteiger partial charge in [0.15, 0.2) is 0 Å². The molecule has 4 nitrogen and oxygen atoms in total. The van der Waals surface area contributed by atoms with Gasteiger partial charge in [0, 0.05) is 39.2 Å². The first kappa shape index (κ1) is 84.9. The van der Waals surface area contributed by atoms with Crippen LogP contribution in [0.5, 0.6) is 23.0 Å². The molecule has 0 bridgehead atoms. The Labute approximate surface area is 754 Å². The van der Waals surface area contributed by atoms with Crippen molar-refractivity contribution in [1.82, 2.24) is 0 Å². The van der Waals surface area contributed by atoms with Crippen molar-refractivity contribution < 1.29 is 33.6 Å². The van der Waals surface area contributed by atoms with E-state index in [2.05, 4.69) is 261 Å². The first-order chi connectivity index (χ1) is 56.0. The van der Waals surface area contributed by atoms with E-state index < -0.39 is 21.7 Å². The van der Waals surface area contributed by atoms with Crippen LogP contribution in [0.1, 0.15) is 89.0 Å². The molecular weight excluding hydrogens is 2050 g/mol. The maximum atomic E-state index is 13.7. The second kappa shape index (κ2) is 38.2. The number of aromatic hydroxyl groups is 4. The van der Waals surface area contributed by atoms with Crippen molar-refractivity contribution in [1.29, 1.82) is 0 Å². The summed E-state index contributed by atoms with van der Waals surface area (Å²) in [7, 11) is 0. The summed E-state index contributed by atoms with van der Waals surface area (Å²) in [5.41, 5.74) is 13.7. The van der Waals surface area contributed by atoms with Gasteiger partial charge in [0.2, 0.25) is 0 Å². The highest BCUT2D eigenvalue weighted by atomic mass is 127. The lowest BCUT2D eigenvalue weighted by Crippen LogP contribution is -2.31. The van der Waals surface area contributed by atoms with Crippen LogP contribution in [-0.4, -0.2) is 20.4 Å². The molecule has 0 aromatic heterocycles. The summed E-state index contributed by atoms with van der Waals surface area (Å²) >= 11 is 36.3. The molecule has 0 amide bonds. The Hall–Kier alpha value is -8.99. The Morgan fingerprint density at radius 3 is 0.440 bits per heavy atom. The van der Waals surface area contributed by atoms with Crippen molar-refractivity contribution in [3.63, 3.8) is 0 Å². The van der Waals surface area contributed by atoms with Crippen LogP contribution in [0, 0.1) is 28.2 Å². The summed E-state index contributed by atoms with van der Waals surface area (Å²) in [5, 5.41) is 41.6. The molecular formula is C100H68Br3Cl3F3I3O4. The molecule has 0 saturated heterocycles. The normalized spacial score (nSPS) is 11.4. The molecule has 0 aliphatic heterocycles.